The lowest BCUT2D eigenvalue weighted by Crippen LogP contribution is -2.01. The molecule has 0 atom stereocenters. The number of aliphatic imine (C=N–C) groups is 2. The van der Waals surface area contributed by atoms with Gasteiger partial charge in [0.2, 0.25) is 11.8 Å². The topological polar surface area (TPSA) is 160 Å². The molecule has 2 N–H and O–H groups in total. The predicted octanol–water partition coefficient (Wildman–Crippen LogP) is 5.96. The molecule has 44 heavy (non-hydrogen) atoms. The molecule has 0 saturated heterocycles. The molecule has 0 amide bonds. The van der Waals surface area contributed by atoms with Crippen molar-refractivity contribution in [2.45, 2.75) is 13.8 Å². The van der Waals surface area contributed by atoms with E-state index in [-0.39, 0.29) is 11.8 Å². The van der Waals surface area contributed by atoms with Crippen molar-refractivity contribution in [1.29, 1.82) is 10.5 Å². The number of imidazole rings is 2. The van der Waals surface area contributed by atoms with Crippen molar-refractivity contribution in [3.05, 3.63) is 100 Å². The first-order valence-electron chi connectivity index (χ1n) is 13.5. The summed E-state index contributed by atoms with van der Waals surface area (Å²) in [5.74, 6) is 0.430. The average Bonchev–Trinajstić information content (AvgIpc) is 3.61. The Hall–Kier alpha value is -6.59. The number of para-hydroxylation sites is 4. The fourth-order valence-corrected chi connectivity index (χ4v) is 5.39. The minimum Gasteiger partial charge on any atom is -0.494 e. The third-order valence-corrected chi connectivity index (χ3v) is 7.63. The molecule has 0 spiro atoms. The molecule has 0 aliphatic rings. The van der Waals surface area contributed by atoms with E-state index < -0.39 is 0 Å². The molecule has 0 bridgehead atoms. The van der Waals surface area contributed by atoms with Crippen molar-refractivity contribution in [3.8, 4) is 23.9 Å². The van der Waals surface area contributed by atoms with Crippen molar-refractivity contribution in [1.82, 2.24) is 23.8 Å². The highest BCUT2D eigenvalue weighted by molar-refractivity contribution is 5.94. The monoisotopic (exact) mass is 575 g/mol. The van der Waals surface area contributed by atoms with Gasteiger partial charge in [-0.25, -0.2) is 24.9 Å². The summed E-state index contributed by atoms with van der Waals surface area (Å²) in [4.78, 5) is 22.5. The minimum absolute atomic E-state index is 0.0928. The van der Waals surface area contributed by atoms with Gasteiger partial charge in [-0.15, -0.1) is 0 Å². The van der Waals surface area contributed by atoms with Crippen LogP contribution < -0.4 is 0 Å². The number of pyridine rings is 3. The maximum Gasteiger partial charge on any atom is 0.206 e. The third-order valence-electron chi connectivity index (χ3n) is 7.63. The Morgan fingerprint density at radius 3 is 1.50 bits per heavy atom. The van der Waals surface area contributed by atoms with E-state index in [1.54, 1.807) is 40.8 Å². The van der Waals surface area contributed by atoms with Gasteiger partial charge in [-0.2, -0.15) is 10.5 Å². The summed E-state index contributed by atoms with van der Waals surface area (Å²) in [6.07, 6.45) is 2.92. The van der Waals surface area contributed by atoms with Crippen LogP contribution in [0.15, 0.2) is 76.7 Å². The van der Waals surface area contributed by atoms with Crippen LogP contribution in [0.2, 0.25) is 0 Å². The molecule has 0 radical (unpaired) electrons. The van der Waals surface area contributed by atoms with Gasteiger partial charge in [0.1, 0.15) is 12.1 Å². The van der Waals surface area contributed by atoms with Crippen molar-refractivity contribution in [2.24, 2.45) is 9.98 Å². The lowest BCUT2D eigenvalue weighted by atomic mass is 10.1. The van der Waals surface area contributed by atoms with Crippen molar-refractivity contribution in [3.63, 3.8) is 0 Å². The van der Waals surface area contributed by atoms with Crippen LogP contribution in [-0.2, 0) is 0 Å². The molecule has 11 heteroatoms. The van der Waals surface area contributed by atoms with Gasteiger partial charge < -0.3 is 10.2 Å². The normalized spacial score (nSPS) is 11.8. The number of nitrogens with zero attached hydrogens (tertiary/aromatic N) is 9. The van der Waals surface area contributed by atoms with Crippen molar-refractivity contribution >= 4 is 57.4 Å². The molecule has 210 valence electrons. The number of aromatic nitrogens is 5. The van der Waals surface area contributed by atoms with Crippen LogP contribution in [0.25, 0.3) is 33.4 Å². The van der Waals surface area contributed by atoms with Gasteiger partial charge in [0.25, 0.3) is 0 Å². The lowest BCUT2D eigenvalue weighted by Gasteiger charge is -2.10. The van der Waals surface area contributed by atoms with Crippen LogP contribution in [0.4, 0.5) is 11.6 Å². The van der Waals surface area contributed by atoms with E-state index in [2.05, 4.69) is 37.1 Å². The van der Waals surface area contributed by atoms with Gasteiger partial charge in [-0.1, -0.05) is 30.3 Å². The van der Waals surface area contributed by atoms with Gasteiger partial charge in [-0.05, 0) is 61.4 Å². The Kier molecular flexibility index (Phi) is 6.01. The number of benzene rings is 2. The van der Waals surface area contributed by atoms with E-state index in [9.17, 15) is 20.7 Å². The SMILES string of the molecule is Cc1c(C=Nc2cccc(/N=C/c3c(C)c(C#N)c4nc5ccccc5n4c3O)n2)c(O)n2c(nc3ccccc32)c1C#N. The smallest absolute Gasteiger partial charge is 0.206 e. The number of hydrogen-bond acceptors (Lipinski definition) is 9. The van der Waals surface area contributed by atoms with E-state index in [0.717, 1.165) is 0 Å². The largest absolute Gasteiger partial charge is 0.494 e. The molecule has 7 rings (SSSR count). The fraction of sp³-hybridized carbons (Fsp3) is 0.0606. The second kappa shape index (κ2) is 10.0. The molecule has 0 unspecified atom stereocenters. The Balaban J connectivity index is 1.28. The Bertz CT molecular complexity index is 2300. The summed E-state index contributed by atoms with van der Waals surface area (Å²) in [6, 6.07) is 24.1. The van der Waals surface area contributed by atoms with Crippen molar-refractivity contribution < 1.29 is 10.2 Å². The molecular weight excluding hydrogens is 554 g/mol. The molecule has 2 aromatic carbocycles. The lowest BCUT2D eigenvalue weighted by molar-refractivity contribution is 0.446. The Labute approximate surface area is 249 Å². The zero-order chi connectivity index (χ0) is 30.5. The Morgan fingerprint density at radius 2 is 1.07 bits per heavy atom. The molecule has 0 aliphatic heterocycles. The summed E-state index contributed by atoms with van der Waals surface area (Å²) in [5, 5.41) is 42.3. The molecule has 5 aromatic heterocycles. The van der Waals surface area contributed by atoms with Crippen molar-refractivity contribution in [2.75, 3.05) is 0 Å². The number of nitriles is 2. The molecule has 0 aliphatic carbocycles. The maximum absolute atomic E-state index is 11.2. The standard InChI is InChI=1S/C33H21N9O2/c1-18-20(14-34)30-38-24-8-3-5-10-26(24)41(30)32(43)22(18)16-36-28-12-7-13-29(40-28)37-17-23-19(2)21(15-35)31-39-25-9-4-6-11-27(25)42(31)33(23)44/h3-13,16-17,43-44H,1-2H3/b36-16+,37-17?. The highest BCUT2D eigenvalue weighted by Crippen LogP contribution is 2.32. The zero-order valence-corrected chi connectivity index (χ0v) is 23.4. The van der Waals surface area contributed by atoms with Crippen LogP contribution >= 0.6 is 0 Å². The van der Waals surface area contributed by atoms with Crippen LogP contribution in [0.1, 0.15) is 33.4 Å². The van der Waals surface area contributed by atoms with Crippen LogP contribution in [0.5, 0.6) is 11.8 Å². The molecule has 0 saturated carbocycles. The number of hydrogen-bond donors (Lipinski definition) is 2. The first-order valence-corrected chi connectivity index (χ1v) is 13.5. The quantitative estimate of drug-likeness (QED) is 0.245. The number of fused-ring (bicyclic) bond motifs is 6. The van der Waals surface area contributed by atoms with E-state index >= 15 is 0 Å². The van der Waals surface area contributed by atoms with Gasteiger partial charge in [0.05, 0.1) is 44.3 Å². The molecule has 0 fully saturated rings. The summed E-state index contributed by atoms with van der Waals surface area (Å²) in [7, 11) is 0. The predicted molar refractivity (Wildman–Crippen MR) is 166 cm³/mol. The number of rotatable bonds is 4. The summed E-state index contributed by atoms with van der Waals surface area (Å²) >= 11 is 0. The van der Waals surface area contributed by atoms with Crippen LogP contribution in [0.3, 0.4) is 0 Å². The molecule has 11 nitrogen and oxygen atoms in total. The molecule has 7 aromatic rings. The third kappa shape index (κ3) is 3.92. The Morgan fingerprint density at radius 1 is 0.636 bits per heavy atom. The highest BCUT2D eigenvalue weighted by Gasteiger charge is 2.21. The van der Waals surface area contributed by atoms with E-state index in [1.165, 1.54) is 12.4 Å². The first-order chi connectivity index (χ1) is 21.4. The van der Waals surface area contributed by atoms with Gasteiger partial charge in [0.15, 0.2) is 22.9 Å². The minimum atomic E-state index is -0.0928. The second-order valence-corrected chi connectivity index (χ2v) is 10.1. The van der Waals surface area contributed by atoms with Gasteiger partial charge in [0, 0.05) is 12.4 Å². The van der Waals surface area contributed by atoms with E-state index in [4.69, 9.17) is 0 Å². The maximum atomic E-state index is 11.2. The van der Waals surface area contributed by atoms with E-state index in [1.807, 2.05) is 48.5 Å². The first kappa shape index (κ1) is 26.3. The molecular formula is C33H21N9O2. The summed E-state index contributed by atoms with van der Waals surface area (Å²) < 4.78 is 3.09. The van der Waals surface area contributed by atoms with Crippen LogP contribution in [0, 0.1) is 36.5 Å². The van der Waals surface area contributed by atoms with Gasteiger partial charge in [-0.3, -0.25) is 8.80 Å². The average molecular weight is 576 g/mol. The summed E-state index contributed by atoms with van der Waals surface area (Å²) in [5.41, 5.74) is 5.85. The fourth-order valence-electron chi connectivity index (χ4n) is 5.39. The van der Waals surface area contributed by atoms with Gasteiger partial charge >= 0.3 is 0 Å². The zero-order valence-electron chi connectivity index (χ0n) is 23.4. The highest BCUT2D eigenvalue weighted by atomic mass is 16.3. The van der Waals surface area contributed by atoms with E-state index in [0.29, 0.717) is 78.4 Å². The second-order valence-electron chi connectivity index (χ2n) is 10.1. The van der Waals surface area contributed by atoms with Crippen LogP contribution in [-0.4, -0.2) is 46.4 Å². The number of aromatic hydroxyl groups is 2. The summed E-state index contributed by atoms with van der Waals surface area (Å²) in [6.45, 7) is 3.47. The molecule has 5 heterocycles.